The first kappa shape index (κ1) is 19.5. The summed E-state index contributed by atoms with van der Waals surface area (Å²) >= 11 is 1.35. The zero-order valence-corrected chi connectivity index (χ0v) is 16.6. The van der Waals surface area contributed by atoms with Crippen LogP contribution in [0.15, 0.2) is 35.7 Å². The molecule has 1 aliphatic rings. The summed E-state index contributed by atoms with van der Waals surface area (Å²) in [5.41, 5.74) is 1.29. The Kier molecular flexibility index (Phi) is 6.98. The Labute approximate surface area is 164 Å². The number of unbranched alkanes of at least 4 members (excludes halogenated alkanes) is 1. The van der Waals surface area contributed by atoms with Crippen LogP contribution in [0.5, 0.6) is 0 Å². The molecule has 0 saturated heterocycles. The van der Waals surface area contributed by atoms with Crippen molar-refractivity contribution in [2.45, 2.75) is 57.9 Å². The number of nitrogens with one attached hydrogen (secondary N) is 2. The third kappa shape index (κ3) is 5.63. The number of benzene rings is 1. The van der Waals surface area contributed by atoms with E-state index in [-0.39, 0.29) is 18.2 Å². The lowest BCUT2D eigenvalue weighted by atomic mass is 9.96. The van der Waals surface area contributed by atoms with Crippen molar-refractivity contribution >= 4 is 28.3 Å². The van der Waals surface area contributed by atoms with Gasteiger partial charge in [-0.15, -0.1) is 11.3 Å². The van der Waals surface area contributed by atoms with Crippen LogP contribution < -0.4 is 10.6 Å². The molecular formula is C21H27N3O2S. The molecule has 2 unspecified atom stereocenters. The Balaban J connectivity index is 1.50. The SMILES string of the molecule is CCCCC1CCCC1NC(=O)Cc1csc(NC(=O)c2ccccc2)n1. The fraction of sp³-hybridized carbons (Fsp3) is 0.476. The molecule has 6 heteroatoms. The van der Waals surface area contributed by atoms with Gasteiger partial charge < -0.3 is 5.32 Å². The number of aromatic nitrogens is 1. The lowest BCUT2D eigenvalue weighted by molar-refractivity contribution is -0.121. The molecule has 2 aromatic rings. The van der Waals surface area contributed by atoms with Gasteiger partial charge in [0.05, 0.1) is 12.1 Å². The number of hydrogen-bond donors (Lipinski definition) is 2. The second-order valence-corrected chi connectivity index (χ2v) is 8.01. The average molecular weight is 386 g/mol. The fourth-order valence-electron chi connectivity index (χ4n) is 3.67. The molecule has 5 nitrogen and oxygen atoms in total. The number of rotatable bonds is 8. The van der Waals surface area contributed by atoms with E-state index in [4.69, 9.17) is 0 Å². The summed E-state index contributed by atoms with van der Waals surface area (Å²) in [7, 11) is 0. The summed E-state index contributed by atoms with van der Waals surface area (Å²) in [6.45, 7) is 2.21. The standard InChI is InChI=1S/C21H27N3O2S/c1-2-3-8-15-11-7-12-18(15)23-19(25)13-17-14-27-21(22-17)24-20(26)16-9-5-4-6-10-16/h4-6,9-10,14-15,18H,2-3,7-8,11-13H2,1H3,(H,23,25)(H,22,24,26). The minimum absolute atomic E-state index is 0.0228. The summed E-state index contributed by atoms with van der Waals surface area (Å²) in [4.78, 5) is 29.0. The van der Waals surface area contributed by atoms with E-state index in [0.29, 0.717) is 28.3 Å². The fourth-order valence-corrected chi connectivity index (χ4v) is 4.37. The van der Waals surface area contributed by atoms with E-state index >= 15 is 0 Å². The molecule has 1 heterocycles. The van der Waals surface area contributed by atoms with Gasteiger partial charge in [-0.1, -0.05) is 44.4 Å². The van der Waals surface area contributed by atoms with Crippen molar-refractivity contribution in [3.05, 3.63) is 47.0 Å². The molecule has 0 radical (unpaired) electrons. The molecule has 1 fully saturated rings. The third-order valence-corrected chi connectivity index (χ3v) is 5.89. The molecular weight excluding hydrogens is 358 g/mol. The molecule has 1 aromatic carbocycles. The van der Waals surface area contributed by atoms with Gasteiger partial charge in [-0.2, -0.15) is 0 Å². The largest absolute Gasteiger partial charge is 0.353 e. The van der Waals surface area contributed by atoms with Gasteiger partial charge in [0.2, 0.25) is 5.91 Å². The number of carbonyl (C=O) groups is 2. The third-order valence-electron chi connectivity index (χ3n) is 5.08. The van der Waals surface area contributed by atoms with E-state index in [2.05, 4.69) is 22.5 Å². The smallest absolute Gasteiger partial charge is 0.257 e. The first-order valence-electron chi connectivity index (χ1n) is 9.76. The van der Waals surface area contributed by atoms with Crippen molar-refractivity contribution in [2.24, 2.45) is 5.92 Å². The Morgan fingerprint density at radius 1 is 1.22 bits per heavy atom. The van der Waals surface area contributed by atoms with Crippen LogP contribution in [0.4, 0.5) is 5.13 Å². The predicted molar refractivity (Wildman–Crippen MR) is 109 cm³/mol. The molecule has 2 amide bonds. The van der Waals surface area contributed by atoms with Crippen LogP contribution in [0.1, 0.15) is 61.5 Å². The maximum Gasteiger partial charge on any atom is 0.257 e. The molecule has 3 rings (SSSR count). The Morgan fingerprint density at radius 3 is 2.81 bits per heavy atom. The van der Waals surface area contributed by atoms with Crippen molar-refractivity contribution in [2.75, 3.05) is 5.32 Å². The highest BCUT2D eigenvalue weighted by Crippen LogP contribution is 2.30. The van der Waals surface area contributed by atoms with Crippen molar-refractivity contribution in [1.82, 2.24) is 10.3 Å². The van der Waals surface area contributed by atoms with Gasteiger partial charge in [-0.05, 0) is 37.3 Å². The summed E-state index contributed by atoms with van der Waals surface area (Å²) in [6, 6.07) is 9.34. The first-order valence-corrected chi connectivity index (χ1v) is 10.6. The molecule has 144 valence electrons. The zero-order chi connectivity index (χ0) is 19.1. The molecule has 27 heavy (non-hydrogen) atoms. The molecule has 0 bridgehead atoms. The Hall–Kier alpha value is -2.21. The van der Waals surface area contributed by atoms with Gasteiger partial charge in [0.15, 0.2) is 5.13 Å². The van der Waals surface area contributed by atoms with Gasteiger partial charge in [-0.3, -0.25) is 14.9 Å². The molecule has 1 saturated carbocycles. The van der Waals surface area contributed by atoms with Crippen LogP contribution in [0.3, 0.4) is 0 Å². The molecule has 1 aromatic heterocycles. The lowest BCUT2D eigenvalue weighted by Gasteiger charge is -2.20. The van der Waals surface area contributed by atoms with Crippen molar-refractivity contribution in [1.29, 1.82) is 0 Å². The molecule has 0 spiro atoms. The minimum Gasteiger partial charge on any atom is -0.353 e. The monoisotopic (exact) mass is 385 g/mol. The Morgan fingerprint density at radius 2 is 2.04 bits per heavy atom. The maximum absolute atomic E-state index is 12.4. The summed E-state index contributed by atoms with van der Waals surface area (Å²) in [5.74, 6) is 0.449. The lowest BCUT2D eigenvalue weighted by Crippen LogP contribution is -2.38. The van der Waals surface area contributed by atoms with E-state index in [9.17, 15) is 9.59 Å². The average Bonchev–Trinajstić information content (AvgIpc) is 3.30. The maximum atomic E-state index is 12.4. The molecule has 2 N–H and O–H groups in total. The van der Waals surface area contributed by atoms with Crippen LogP contribution in [0.25, 0.3) is 0 Å². The van der Waals surface area contributed by atoms with Crippen LogP contribution >= 0.6 is 11.3 Å². The summed E-state index contributed by atoms with van der Waals surface area (Å²) in [5, 5.41) is 8.35. The second-order valence-electron chi connectivity index (χ2n) is 7.15. The topological polar surface area (TPSA) is 71.1 Å². The highest BCUT2D eigenvalue weighted by atomic mass is 32.1. The van der Waals surface area contributed by atoms with Gasteiger partial charge in [0.25, 0.3) is 5.91 Å². The summed E-state index contributed by atoms with van der Waals surface area (Å²) in [6.07, 6.45) is 7.39. The molecule has 0 aliphatic heterocycles. The number of nitrogens with zero attached hydrogens (tertiary/aromatic N) is 1. The van der Waals surface area contributed by atoms with Crippen molar-refractivity contribution in [3.63, 3.8) is 0 Å². The minimum atomic E-state index is -0.189. The Bertz CT molecular complexity index is 760. The number of anilines is 1. The normalized spacial score (nSPS) is 19.0. The summed E-state index contributed by atoms with van der Waals surface area (Å²) < 4.78 is 0. The van der Waals surface area contributed by atoms with Crippen LogP contribution in [-0.2, 0) is 11.2 Å². The van der Waals surface area contributed by atoms with E-state index in [1.54, 1.807) is 12.1 Å². The van der Waals surface area contributed by atoms with E-state index in [1.807, 2.05) is 23.6 Å². The number of carbonyl (C=O) groups excluding carboxylic acids is 2. The molecule has 2 atom stereocenters. The van der Waals surface area contributed by atoms with Gasteiger partial charge in [0, 0.05) is 17.0 Å². The quantitative estimate of drug-likeness (QED) is 0.707. The van der Waals surface area contributed by atoms with Gasteiger partial charge in [0.1, 0.15) is 0 Å². The van der Waals surface area contributed by atoms with Crippen LogP contribution in [-0.4, -0.2) is 22.8 Å². The highest BCUT2D eigenvalue weighted by molar-refractivity contribution is 7.14. The number of thiazole rings is 1. The zero-order valence-electron chi connectivity index (χ0n) is 15.7. The van der Waals surface area contributed by atoms with E-state index in [1.165, 1.54) is 43.4 Å². The van der Waals surface area contributed by atoms with Crippen molar-refractivity contribution < 1.29 is 9.59 Å². The second kappa shape index (κ2) is 9.65. The molecule has 1 aliphatic carbocycles. The van der Waals surface area contributed by atoms with Crippen LogP contribution in [0, 0.1) is 5.92 Å². The van der Waals surface area contributed by atoms with Gasteiger partial charge in [-0.25, -0.2) is 4.98 Å². The van der Waals surface area contributed by atoms with Crippen molar-refractivity contribution in [3.8, 4) is 0 Å². The van der Waals surface area contributed by atoms with E-state index < -0.39 is 0 Å². The number of hydrogen-bond acceptors (Lipinski definition) is 4. The van der Waals surface area contributed by atoms with E-state index in [0.717, 1.165) is 6.42 Å². The van der Waals surface area contributed by atoms with Crippen LogP contribution in [0.2, 0.25) is 0 Å². The first-order chi connectivity index (χ1) is 13.2. The van der Waals surface area contributed by atoms with Gasteiger partial charge >= 0.3 is 0 Å². The highest BCUT2D eigenvalue weighted by Gasteiger charge is 2.28. The number of amides is 2. The predicted octanol–water partition coefficient (Wildman–Crippen LogP) is 4.41.